The molecule has 1 atom stereocenters. The molecular formula is C20H28N4O3. The fourth-order valence-corrected chi connectivity index (χ4v) is 3.50. The summed E-state index contributed by atoms with van der Waals surface area (Å²) in [7, 11) is 7.61. The molecule has 2 aromatic rings. The first-order valence-electron chi connectivity index (χ1n) is 9.22. The van der Waals surface area contributed by atoms with Crippen LogP contribution < -0.4 is 9.47 Å². The third kappa shape index (κ3) is 4.42. The van der Waals surface area contributed by atoms with Crippen molar-refractivity contribution in [2.75, 3.05) is 34.4 Å². The number of ether oxygens (including phenoxy) is 2. The molecule has 7 nitrogen and oxygen atoms in total. The second kappa shape index (κ2) is 8.43. The molecule has 1 aromatic carbocycles. The number of carbonyl (C=O) groups excluding carboxylic acids is 1. The number of hydrogen-bond acceptors (Lipinski definition) is 5. The summed E-state index contributed by atoms with van der Waals surface area (Å²) in [6, 6.07) is 9.48. The third-order valence-electron chi connectivity index (χ3n) is 4.81. The van der Waals surface area contributed by atoms with E-state index in [9.17, 15) is 4.79 Å². The lowest BCUT2D eigenvalue weighted by molar-refractivity contribution is -0.134. The highest BCUT2D eigenvalue weighted by molar-refractivity contribution is 5.78. The van der Waals surface area contributed by atoms with Crippen LogP contribution in [-0.2, 0) is 18.4 Å². The molecule has 3 rings (SSSR count). The number of aromatic nitrogens is 2. The van der Waals surface area contributed by atoms with Gasteiger partial charge in [0.25, 0.3) is 5.91 Å². The van der Waals surface area contributed by atoms with Crippen LogP contribution in [0.4, 0.5) is 0 Å². The second-order valence-corrected chi connectivity index (χ2v) is 7.11. The van der Waals surface area contributed by atoms with Crippen molar-refractivity contribution in [2.24, 2.45) is 7.05 Å². The average Bonchev–Trinajstić information content (AvgIpc) is 3.26. The number of nitrogens with zero attached hydrogens (tertiary/aromatic N) is 4. The fourth-order valence-electron chi connectivity index (χ4n) is 3.50. The molecule has 0 aliphatic carbocycles. The highest BCUT2D eigenvalue weighted by Crippen LogP contribution is 2.32. The Hall–Kier alpha value is -2.54. The Morgan fingerprint density at radius 1 is 1.30 bits per heavy atom. The van der Waals surface area contributed by atoms with Crippen molar-refractivity contribution in [3.63, 3.8) is 0 Å². The second-order valence-electron chi connectivity index (χ2n) is 7.11. The van der Waals surface area contributed by atoms with Crippen LogP contribution in [0.5, 0.6) is 11.5 Å². The van der Waals surface area contributed by atoms with Crippen molar-refractivity contribution in [1.82, 2.24) is 19.6 Å². The molecule has 1 saturated heterocycles. The van der Waals surface area contributed by atoms with E-state index in [0.717, 1.165) is 37.3 Å². The maximum atomic E-state index is 12.8. The Morgan fingerprint density at radius 2 is 2.04 bits per heavy atom. The number of amides is 1. The molecule has 27 heavy (non-hydrogen) atoms. The van der Waals surface area contributed by atoms with Gasteiger partial charge in [0.1, 0.15) is 0 Å². The van der Waals surface area contributed by atoms with Crippen LogP contribution in [0.3, 0.4) is 0 Å². The first kappa shape index (κ1) is 19.2. The van der Waals surface area contributed by atoms with Crippen molar-refractivity contribution in [3.05, 3.63) is 41.7 Å². The lowest BCUT2D eigenvalue weighted by Crippen LogP contribution is -2.34. The average molecular weight is 372 g/mol. The Morgan fingerprint density at radius 3 is 2.74 bits per heavy atom. The number of aryl methyl sites for hydroxylation is 1. The smallest absolute Gasteiger partial charge is 0.261 e. The van der Waals surface area contributed by atoms with E-state index in [1.54, 1.807) is 13.2 Å². The standard InChI is InChI=1S/C20H28N4O3/c1-22(2)13-15-12-16(21-23(15)3)17-8-7-11-24(17)20(25)14-27-19-10-6-5-9-18(19)26-4/h5-6,9-10,12,17H,7-8,11,13-14H2,1-4H3/t17-/m1/s1. The molecule has 7 heteroatoms. The van der Waals surface area contributed by atoms with E-state index >= 15 is 0 Å². The summed E-state index contributed by atoms with van der Waals surface area (Å²) in [6.45, 7) is 1.55. The predicted molar refractivity (Wildman–Crippen MR) is 103 cm³/mol. The van der Waals surface area contributed by atoms with E-state index in [1.807, 2.05) is 48.9 Å². The third-order valence-corrected chi connectivity index (χ3v) is 4.81. The van der Waals surface area contributed by atoms with Crippen LogP contribution in [0.2, 0.25) is 0 Å². The van der Waals surface area contributed by atoms with Gasteiger partial charge in [-0.3, -0.25) is 9.48 Å². The molecule has 0 spiro atoms. The monoisotopic (exact) mass is 372 g/mol. The summed E-state index contributed by atoms with van der Waals surface area (Å²) in [6.07, 6.45) is 1.91. The lowest BCUT2D eigenvalue weighted by atomic mass is 10.1. The van der Waals surface area contributed by atoms with Crippen LogP contribution in [0.25, 0.3) is 0 Å². The predicted octanol–water partition coefficient (Wildman–Crippen LogP) is 2.23. The molecule has 0 radical (unpaired) electrons. The highest BCUT2D eigenvalue weighted by atomic mass is 16.5. The molecule has 1 fully saturated rings. The molecule has 1 aromatic heterocycles. The summed E-state index contributed by atoms with van der Waals surface area (Å²) in [5.41, 5.74) is 2.09. The zero-order chi connectivity index (χ0) is 19.4. The summed E-state index contributed by atoms with van der Waals surface area (Å²) in [5.74, 6) is 1.18. The molecule has 1 aliphatic heterocycles. The van der Waals surface area contributed by atoms with Gasteiger partial charge in [-0.1, -0.05) is 12.1 Å². The van der Waals surface area contributed by atoms with E-state index in [0.29, 0.717) is 11.5 Å². The molecule has 146 valence electrons. The molecular weight excluding hydrogens is 344 g/mol. The Bertz CT molecular complexity index is 787. The number of methoxy groups -OCH3 is 1. The maximum Gasteiger partial charge on any atom is 0.261 e. The molecule has 0 unspecified atom stereocenters. The first-order valence-corrected chi connectivity index (χ1v) is 9.22. The largest absolute Gasteiger partial charge is 0.493 e. The zero-order valence-electron chi connectivity index (χ0n) is 16.5. The van der Waals surface area contributed by atoms with E-state index < -0.39 is 0 Å². The van der Waals surface area contributed by atoms with Crippen molar-refractivity contribution < 1.29 is 14.3 Å². The lowest BCUT2D eigenvalue weighted by Gasteiger charge is -2.23. The Labute approximate surface area is 160 Å². The number of hydrogen-bond donors (Lipinski definition) is 0. The van der Waals surface area contributed by atoms with Gasteiger partial charge in [0.15, 0.2) is 18.1 Å². The SMILES string of the molecule is COc1ccccc1OCC(=O)N1CCC[C@@H]1c1cc(CN(C)C)n(C)n1. The number of likely N-dealkylation sites (tertiary alicyclic amines) is 1. The van der Waals surface area contributed by atoms with Gasteiger partial charge in [-0.25, -0.2) is 0 Å². The molecule has 1 aliphatic rings. The Balaban J connectivity index is 1.68. The van der Waals surface area contributed by atoms with E-state index in [2.05, 4.69) is 16.1 Å². The van der Waals surface area contributed by atoms with E-state index in [4.69, 9.17) is 9.47 Å². The summed E-state index contributed by atoms with van der Waals surface area (Å²) >= 11 is 0. The summed E-state index contributed by atoms with van der Waals surface area (Å²) < 4.78 is 12.9. The van der Waals surface area contributed by atoms with Crippen molar-refractivity contribution in [3.8, 4) is 11.5 Å². The molecule has 0 N–H and O–H groups in total. The van der Waals surface area contributed by atoms with Gasteiger partial charge in [0.05, 0.1) is 24.5 Å². The van der Waals surface area contributed by atoms with Crippen molar-refractivity contribution in [1.29, 1.82) is 0 Å². The molecule has 1 amide bonds. The quantitative estimate of drug-likeness (QED) is 0.746. The van der Waals surface area contributed by atoms with Crippen molar-refractivity contribution >= 4 is 5.91 Å². The number of benzene rings is 1. The normalized spacial score (nSPS) is 16.8. The van der Waals surface area contributed by atoms with Crippen LogP contribution in [0.1, 0.15) is 30.3 Å². The van der Waals surface area contributed by atoms with Gasteiger partial charge >= 0.3 is 0 Å². The van der Waals surface area contributed by atoms with Gasteiger partial charge in [0.2, 0.25) is 0 Å². The van der Waals surface area contributed by atoms with Crippen LogP contribution in [0, 0.1) is 0 Å². The van der Waals surface area contributed by atoms with E-state index in [-0.39, 0.29) is 18.6 Å². The highest BCUT2D eigenvalue weighted by Gasteiger charge is 2.32. The van der Waals surface area contributed by atoms with Gasteiger partial charge in [-0.05, 0) is 45.1 Å². The van der Waals surface area contributed by atoms with Gasteiger partial charge in [-0.2, -0.15) is 5.10 Å². The van der Waals surface area contributed by atoms with Gasteiger partial charge in [-0.15, -0.1) is 0 Å². The minimum absolute atomic E-state index is 0.00569. The molecule has 0 bridgehead atoms. The minimum atomic E-state index is -0.0248. The minimum Gasteiger partial charge on any atom is -0.493 e. The summed E-state index contributed by atoms with van der Waals surface area (Å²) in [5, 5.41) is 4.66. The van der Waals surface area contributed by atoms with Crippen molar-refractivity contribution in [2.45, 2.75) is 25.4 Å². The van der Waals surface area contributed by atoms with Crippen LogP contribution in [0.15, 0.2) is 30.3 Å². The van der Waals surface area contributed by atoms with Gasteiger partial charge < -0.3 is 19.3 Å². The zero-order valence-corrected chi connectivity index (χ0v) is 16.5. The Kier molecular flexibility index (Phi) is 6.01. The number of carbonyl (C=O) groups is 1. The number of para-hydroxylation sites is 2. The van der Waals surface area contributed by atoms with Gasteiger partial charge in [0, 0.05) is 20.1 Å². The molecule has 2 heterocycles. The van der Waals surface area contributed by atoms with E-state index in [1.165, 1.54) is 0 Å². The van der Waals surface area contributed by atoms with Crippen LogP contribution in [-0.4, -0.2) is 59.8 Å². The summed E-state index contributed by atoms with van der Waals surface area (Å²) in [4.78, 5) is 16.8. The maximum absolute atomic E-state index is 12.8. The topological polar surface area (TPSA) is 59.8 Å². The number of rotatable bonds is 7. The molecule has 0 saturated carbocycles. The van der Waals surface area contributed by atoms with Crippen LogP contribution >= 0.6 is 0 Å². The fraction of sp³-hybridized carbons (Fsp3) is 0.500. The first-order chi connectivity index (χ1) is 13.0.